The Morgan fingerprint density at radius 1 is 1.00 bits per heavy atom. The molecule has 1 N–H and O–H groups in total. The minimum absolute atomic E-state index is 0.0163. The fraction of sp³-hybridized carbons (Fsp3) is 0.240. The number of nitrogens with one attached hydrogen (secondary N) is 1. The summed E-state index contributed by atoms with van der Waals surface area (Å²) in [7, 11) is -4.06. The van der Waals surface area contributed by atoms with Crippen molar-refractivity contribution in [3.05, 3.63) is 92.9 Å². The normalized spacial score (nSPS) is 13.8. The Balaban J connectivity index is 1.68. The third kappa shape index (κ3) is 4.74. The zero-order chi connectivity index (χ0) is 25.7. The number of aryl methyl sites for hydroxylation is 1. The van der Waals surface area contributed by atoms with E-state index < -0.39 is 21.8 Å². The number of hydrogen-bond acceptors (Lipinski definition) is 5. The largest absolute Gasteiger partial charge is 0.619 e. The number of amides is 2. The van der Waals surface area contributed by atoms with Crippen molar-refractivity contribution in [2.24, 2.45) is 0 Å². The van der Waals surface area contributed by atoms with E-state index in [0.29, 0.717) is 15.9 Å². The predicted octanol–water partition coefficient (Wildman–Crippen LogP) is 4.18. The van der Waals surface area contributed by atoms with Crippen molar-refractivity contribution in [1.82, 2.24) is 4.90 Å². The van der Waals surface area contributed by atoms with Crippen LogP contribution in [-0.2, 0) is 22.0 Å². The summed E-state index contributed by atoms with van der Waals surface area (Å²) in [5, 5.41) is 11.8. The molecule has 0 fully saturated rings. The van der Waals surface area contributed by atoms with Crippen molar-refractivity contribution in [3.63, 3.8) is 0 Å². The standard InChI is InChI=1S/C25H24ClN3O5S/c1-15-11-16(13-28(32)12-15)14-29-23(30)21-19(26)9-10-20(22(21)24(29)31)27-35(33,34)18-7-5-17(6-8-18)25(2,3)4/h5-13,27H,14H2,1-4H3. The zero-order valence-electron chi connectivity index (χ0n) is 19.6. The summed E-state index contributed by atoms with van der Waals surface area (Å²) in [4.78, 5) is 27.3. The molecule has 8 nitrogen and oxygen atoms in total. The Morgan fingerprint density at radius 3 is 2.23 bits per heavy atom. The van der Waals surface area contributed by atoms with Crippen LogP contribution in [0, 0.1) is 12.1 Å². The number of halogens is 1. The summed E-state index contributed by atoms with van der Waals surface area (Å²) in [5.74, 6) is -1.36. The van der Waals surface area contributed by atoms with Crippen LogP contribution >= 0.6 is 11.6 Å². The molecular formula is C25H24ClN3O5S. The maximum absolute atomic E-state index is 13.3. The van der Waals surface area contributed by atoms with Gasteiger partial charge in [-0.1, -0.05) is 44.5 Å². The predicted molar refractivity (Wildman–Crippen MR) is 132 cm³/mol. The molecule has 10 heteroatoms. The lowest BCUT2D eigenvalue weighted by molar-refractivity contribution is -0.606. The topological polar surface area (TPSA) is 110 Å². The van der Waals surface area contributed by atoms with Gasteiger partial charge in [0.15, 0.2) is 12.4 Å². The average Bonchev–Trinajstić information content (AvgIpc) is 3.00. The molecule has 1 aliphatic heterocycles. The van der Waals surface area contributed by atoms with Crippen LogP contribution in [0.5, 0.6) is 0 Å². The van der Waals surface area contributed by atoms with Crippen LogP contribution < -0.4 is 9.45 Å². The molecule has 1 aromatic heterocycles. The van der Waals surface area contributed by atoms with Gasteiger partial charge >= 0.3 is 0 Å². The van der Waals surface area contributed by atoms with Crippen molar-refractivity contribution in [2.45, 2.75) is 44.6 Å². The first-order valence-electron chi connectivity index (χ1n) is 10.8. The van der Waals surface area contributed by atoms with Crippen LogP contribution in [0.25, 0.3) is 0 Å². The maximum Gasteiger partial charge on any atom is 0.264 e. The Hall–Kier alpha value is -3.43. The smallest absolute Gasteiger partial charge is 0.264 e. The number of nitrogens with zero attached hydrogens (tertiary/aromatic N) is 2. The molecule has 0 saturated heterocycles. The fourth-order valence-electron chi connectivity index (χ4n) is 3.97. The van der Waals surface area contributed by atoms with Crippen molar-refractivity contribution in [1.29, 1.82) is 0 Å². The maximum atomic E-state index is 13.3. The SMILES string of the molecule is Cc1cc(CN2C(=O)c3c(Cl)ccc(NS(=O)(=O)c4ccc(C(C)(C)C)cc4)c3C2=O)c[n+]([O-])c1. The van der Waals surface area contributed by atoms with Gasteiger partial charge in [-0.05, 0) is 48.2 Å². The Kier molecular flexibility index (Phi) is 6.11. The Morgan fingerprint density at radius 2 is 1.63 bits per heavy atom. The highest BCUT2D eigenvalue weighted by molar-refractivity contribution is 7.92. The summed E-state index contributed by atoms with van der Waals surface area (Å²) >= 11 is 6.24. The number of fused-ring (bicyclic) bond motifs is 1. The van der Waals surface area contributed by atoms with Gasteiger partial charge in [0.05, 0.1) is 33.3 Å². The van der Waals surface area contributed by atoms with Crippen LogP contribution in [-0.4, -0.2) is 25.1 Å². The Bertz CT molecular complexity index is 1440. The van der Waals surface area contributed by atoms with Crippen LogP contribution in [0.2, 0.25) is 5.02 Å². The molecule has 0 spiro atoms. The van der Waals surface area contributed by atoms with Crippen LogP contribution in [0.4, 0.5) is 5.69 Å². The molecule has 3 aromatic rings. The lowest BCUT2D eigenvalue weighted by atomic mass is 9.87. The van der Waals surface area contributed by atoms with Crippen LogP contribution in [0.15, 0.2) is 59.8 Å². The number of hydrogen-bond donors (Lipinski definition) is 1. The van der Waals surface area contributed by atoms with E-state index in [0.717, 1.165) is 10.5 Å². The van der Waals surface area contributed by atoms with E-state index in [1.165, 1.54) is 36.7 Å². The quantitative estimate of drug-likeness (QED) is 0.312. The summed E-state index contributed by atoms with van der Waals surface area (Å²) in [6, 6.07) is 10.9. The monoisotopic (exact) mass is 513 g/mol. The molecule has 4 rings (SSSR count). The number of imide groups is 1. The second-order valence-electron chi connectivity index (χ2n) is 9.50. The number of benzene rings is 2. The highest BCUT2D eigenvalue weighted by Crippen LogP contribution is 2.36. The van der Waals surface area contributed by atoms with E-state index >= 15 is 0 Å². The zero-order valence-corrected chi connectivity index (χ0v) is 21.2. The van der Waals surface area contributed by atoms with Crippen molar-refractivity contribution < 1.29 is 22.7 Å². The van der Waals surface area contributed by atoms with Gasteiger partial charge in [-0.3, -0.25) is 19.2 Å². The third-order valence-electron chi connectivity index (χ3n) is 5.73. The summed E-state index contributed by atoms with van der Waals surface area (Å²) in [6.07, 6.45) is 2.63. The van der Waals surface area contributed by atoms with Gasteiger partial charge in [-0.25, -0.2) is 8.42 Å². The Labute approximate surface area is 208 Å². The van der Waals surface area contributed by atoms with Gasteiger partial charge in [0.2, 0.25) is 0 Å². The van der Waals surface area contributed by atoms with Crippen molar-refractivity contribution in [2.75, 3.05) is 4.72 Å². The summed E-state index contributed by atoms with van der Waals surface area (Å²) in [5.41, 5.74) is 1.68. The average molecular weight is 514 g/mol. The van der Waals surface area contributed by atoms with Crippen molar-refractivity contribution in [3.8, 4) is 0 Å². The number of carbonyl (C=O) groups is 2. The molecule has 35 heavy (non-hydrogen) atoms. The number of anilines is 1. The van der Waals surface area contributed by atoms with E-state index in [4.69, 9.17) is 11.6 Å². The van der Waals surface area contributed by atoms with E-state index in [1.807, 2.05) is 20.8 Å². The molecule has 0 bridgehead atoms. The number of rotatable bonds is 5. The van der Waals surface area contributed by atoms with Gasteiger partial charge in [-0.15, -0.1) is 0 Å². The molecule has 0 atom stereocenters. The van der Waals surface area contributed by atoms with E-state index in [1.54, 1.807) is 25.1 Å². The highest BCUT2D eigenvalue weighted by Gasteiger charge is 2.40. The molecule has 0 saturated carbocycles. The second-order valence-corrected chi connectivity index (χ2v) is 11.6. The summed E-state index contributed by atoms with van der Waals surface area (Å²) in [6.45, 7) is 7.62. The summed E-state index contributed by atoms with van der Waals surface area (Å²) < 4.78 is 29.2. The minimum atomic E-state index is -4.06. The van der Waals surface area contributed by atoms with E-state index in [-0.39, 0.29) is 38.7 Å². The molecule has 0 aliphatic carbocycles. The van der Waals surface area contributed by atoms with Gasteiger partial charge in [-0.2, -0.15) is 4.73 Å². The molecule has 2 aromatic carbocycles. The highest BCUT2D eigenvalue weighted by atomic mass is 35.5. The lowest BCUT2D eigenvalue weighted by Crippen LogP contribution is -2.32. The first kappa shape index (κ1) is 24.7. The molecule has 0 radical (unpaired) electrons. The molecular weight excluding hydrogens is 490 g/mol. The number of pyridine rings is 1. The van der Waals surface area contributed by atoms with E-state index in [9.17, 15) is 23.2 Å². The minimum Gasteiger partial charge on any atom is -0.619 e. The molecule has 182 valence electrons. The second kappa shape index (κ2) is 8.66. The van der Waals surface area contributed by atoms with Crippen molar-refractivity contribution >= 4 is 39.1 Å². The van der Waals surface area contributed by atoms with Gasteiger partial charge in [0.25, 0.3) is 21.8 Å². The molecule has 2 amide bonds. The fourth-order valence-corrected chi connectivity index (χ4v) is 5.28. The molecule has 2 heterocycles. The third-order valence-corrected chi connectivity index (χ3v) is 7.42. The van der Waals surface area contributed by atoms with Gasteiger partial charge < -0.3 is 5.21 Å². The van der Waals surface area contributed by atoms with Crippen LogP contribution in [0.1, 0.15) is 58.2 Å². The van der Waals surface area contributed by atoms with E-state index in [2.05, 4.69) is 4.72 Å². The van der Waals surface area contributed by atoms with Crippen LogP contribution in [0.3, 0.4) is 0 Å². The number of aromatic nitrogens is 1. The first-order valence-corrected chi connectivity index (χ1v) is 12.7. The van der Waals surface area contributed by atoms with Gasteiger partial charge in [0, 0.05) is 11.1 Å². The molecule has 0 unspecified atom stereocenters. The first-order chi connectivity index (χ1) is 16.3. The van der Waals surface area contributed by atoms with Gasteiger partial charge in [0.1, 0.15) is 0 Å². The molecule has 1 aliphatic rings. The number of sulfonamides is 1. The number of carbonyl (C=O) groups excluding carboxylic acids is 2. The lowest BCUT2D eigenvalue weighted by Gasteiger charge is -2.19.